The molecule has 1 atom stereocenters. The molecule has 8 nitrogen and oxygen atoms in total. The van der Waals surface area contributed by atoms with Gasteiger partial charge in [-0.1, -0.05) is 30.3 Å². The van der Waals surface area contributed by atoms with Crippen molar-refractivity contribution in [2.45, 2.75) is 25.8 Å². The van der Waals surface area contributed by atoms with Crippen LogP contribution in [0.15, 0.2) is 53.5 Å². The van der Waals surface area contributed by atoms with Crippen LogP contribution in [-0.2, 0) is 22.6 Å². The van der Waals surface area contributed by atoms with E-state index in [1.165, 1.54) is 8.87 Å². The third kappa shape index (κ3) is 4.39. The molecule has 1 amide bonds. The molecule has 28 heavy (non-hydrogen) atoms. The lowest BCUT2D eigenvalue weighted by Crippen LogP contribution is -2.49. The lowest BCUT2D eigenvalue weighted by atomic mass is 9.75. The summed E-state index contributed by atoms with van der Waals surface area (Å²) in [5, 5.41) is 9.15. The van der Waals surface area contributed by atoms with E-state index in [0.717, 1.165) is 11.1 Å². The first-order valence-electron chi connectivity index (χ1n) is 9.01. The van der Waals surface area contributed by atoms with Crippen LogP contribution in [0, 0.1) is 5.41 Å². The minimum atomic E-state index is -2.08. The van der Waals surface area contributed by atoms with E-state index in [4.69, 9.17) is 5.21 Å². The average molecular weight is 405 g/mol. The summed E-state index contributed by atoms with van der Waals surface area (Å²) in [5.74, 6) is -0.523. The standard InChI is InChI=1S/C19H23N3O5S/c23-17-14-16(15-4-2-1-3-5-15)6-10-21(17)11-7-19(18(24)20-25)8-12-22(13-9-19)28(26)27/h1-6,10,14,25H,7-9,11-13H2,(H,20,24)(H,26,27). The molecular formula is C19H23N3O5S. The highest BCUT2D eigenvalue weighted by Crippen LogP contribution is 2.36. The molecule has 0 aliphatic carbocycles. The number of carbonyl (C=O) groups excluding carboxylic acids is 1. The summed E-state index contributed by atoms with van der Waals surface area (Å²) in [7, 11) is 0. The molecule has 0 spiro atoms. The van der Waals surface area contributed by atoms with Crippen molar-refractivity contribution < 1.29 is 18.8 Å². The molecule has 1 unspecified atom stereocenters. The van der Waals surface area contributed by atoms with E-state index in [0.29, 0.717) is 25.8 Å². The van der Waals surface area contributed by atoms with Crippen molar-refractivity contribution in [2.75, 3.05) is 13.1 Å². The Balaban J connectivity index is 1.74. The summed E-state index contributed by atoms with van der Waals surface area (Å²) in [6, 6.07) is 13.0. The maximum Gasteiger partial charge on any atom is 0.251 e. The van der Waals surface area contributed by atoms with Gasteiger partial charge in [0.05, 0.1) is 5.41 Å². The topological polar surface area (TPSA) is 112 Å². The van der Waals surface area contributed by atoms with E-state index in [1.807, 2.05) is 36.4 Å². The number of benzene rings is 1. The fourth-order valence-electron chi connectivity index (χ4n) is 3.62. The highest BCUT2D eigenvalue weighted by molar-refractivity contribution is 7.76. The number of amides is 1. The average Bonchev–Trinajstić information content (AvgIpc) is 2.73. The van der Waals surface area contributed by atoms with Crippen LogP contribution >= 0.6 is 0 Å². The number of hydrogen-bond acceptors (Lipinski definition) is 4. The highest BCUT2D eigenvalue weighted by atomic mass is 32.2. The summed E-state index contributed by atoms with van der Waals surface area (Å²) in [4.78, 5) is 24.8. The lowest BCUT2D eigenvalue weighted by Gasteiger charge is -2.38. The van der Waals surface area contributed by atoms with Crippen molar-refractivity contribution >= 4 is 17.2 Å². The predicted octanol–water partition coefficient (Wildman–Crippen LogP) is 1.63. The minimum absolute atomic E-state index is 0.171. The summed E-state index contributed by atoms with van der Waals surface area (Å²) in [6.45, 7) is 0.834. The van der Waals surface area contributed by atoms with Crippen molar-refractivity contribution in [3.63, 3.8) is 0 Å². The second-order valence-corrected chi connectivity index (χ2v) is 7.92. The zero-order valence-corrected chi connectivity index (χ0v) is 16.1. The molecular weight excluding hydrogens is 382 g/mol. The molecule has 1 fully saturated rings. The van der Waals surface area contributed by atoms with Gasteiger partial charge in [0, 0.05) is 31.9 Å². The van der Waals surface area contributed by atoms with Crippen LogP contribution in [-0.4, -0.2) is 41.8 Å². The number of nitrogens with zero attached hydrogens (tertiary/aromatic N) is 2. The van der Waals surface area contributed by atoms with Crippen LogP contribution < -0.4 is 11.0 Å². The highest BCUT2D eigenvalue weighted by Gasteiger charge is 2.42. The summed E-state index contributed by atoms with van der Waals surface area (Å²) in [6.07, 6.45) is 2.69. The third-order valence-electron chi connectivity index (χ3n) is 5.42. The Bertz CT molecular complexity index is 907. The smallest absolute Gasteiger partial charge is 0.251 e. The summed E-state index contributed by atoms with van der Waals surface area (Å²) < 4.78 is 23.3. The lowest BCUT2D eigenvalue weighted by molar-refractivity contribution is -0.143. The largest absolute Gasteiger partial charge is 0.315 e. The molecule has 2 aromatic rings. The number of rotatable bonds is 6. The van der Waals surface area contributed by atoms with E-state index in [-0.39, 0.29) is 18.6 Å². The van der Waals surface area contributed by atoms with Gasteiger partial charge in [-0.25, -0.2) is 14.0 Å². The van der Waals surface area contributed by atoms with Crippen LogP contribution in [0.3, 0.4) is 0 Å². The second kappa shape index (κ2) is 8.78. The van der Waals surface area contributed by atoms with Gasteiger partial charge in [0.2, 0.25) is 17.2 Å². The molecule has 1 aliphatic rings. The Morgan fingerprint density at radius 1 is 1.14 bits per heavy atom. The Labute approximate surface area is 165 Å². The van der Waals surface area contributed by atoms with E-state index in [2.05, 4.69) is 0 Å². The van der Waals surface area contributed by atoms with Crippen molar-refractivity contribution in [3.8, 4) is 11.1 Å². The fourth-order valence-corrected chi connectivity index (χ4v) is 4.11. The third-order valence-corrected chi connectivity index (χ3v) is 6.22. The van der Waals surface area contributed by atoms with Crippen LogP contribution in [0.25, 0.3) is 11.1 Å². The van der Waals surface area contributed by atoms with Gasteiger partial charge in [-0.15, -0.1) is 0 Å². The maximum atomic E-state index is 12.5. The molecule has 3 rings (SSSR count). The van der Waals surface area contributed by atoms with Gasteiger partial charge < -0.3 is 4.57 Å². The SMILES string of the molecule is O=C(NO)C1(CCn2ccc(-c3ccccc3)cc2=O)CCN(S(=O)O)CC1. The number of pyridine rings is 1. The predicted molar refractivity (Wildman–Crippen MR) is 105 cm³/mol. The molecule has 0 saturated carbocycles. The number of aromatic nitrogens is 1. The summed E-state index contributed by atoms with van der Waals surface area (Å²) >= 11 is -2.08. The minimum Gasteiger partial charge on any atom is -0.315 e. The Kier molecular flexibility index (Phi) is 6.40. The number of aryl methyl sites for hydroxylation is 1. The van der Waals surface area contributed by atoms with Gasteiger partial charge in [0.15, 0.2) is 0 Å². The van der Waals surface area contributed by atoms with Gasteiger partial charge in [0.25, 0.3) is 5.56 Å². The van der Waals surface area contributed by atoms with E-state index in [9.17, 15) is 18.4 Å². The number of piperidine rings is 1. The van der Waals surface area contributed by atoms with Crippen LogP contribution in [0.1, 0.15) is 19.3 Å². The Morgan fingerprint density at radius 3 is 2.39 bits per heavy atom. The first-order valence-corrected chi connectivity index (χ1v) is 10.1. The number of carbonyl (C=O) groups is 1. The van der Waals surface area contributed by atoms with Crippen molar-refractivity contribution in [3.05, 3.63) is 59.0 Å². The van der Waals surface area contributed by atoms with E-state index in [1.54, 1.807) is 17.7 Å². The molecule has 9 heteroatoms. The molecule has 1 saturated heterocycles. The van der Waals surface area contributed by atoms with Gasteiger partial charge in [-0.05, 0) is 36.5 Å². The fraction of sp³-hybridized carbons (Fsp3) is 0.368. The molecule has 1 aromatic heterocycles. The van der Waals surface area contributed by atoms with Gasteiger partial charge >= 0.3 is 0 Å². The molecule has 150 valence electrons. The molecule has 0 bridgehead atoms. The quantitative estimate of drug-likeness (QED) is 0.384. The van der Waals surface area contributed by atoms with Crippen LogP contribution in [0.5, 0.6) is 0 Å². The van der Waals surface area contributed by atoms with Crippen LogP contribution in [0.2, 0.25) is 0 Å². The monoisotopic (exact) mass is 405 g/mol. The molecule has 2 heterocycles. The first kappa shape index (κ1) is 20.4. The maximum absolute atomic E-state index is 12.5. The Morgan fingerprint density at radius 2 is 1.82 bits per heavy atom. The normalized spacial score (nSPS) is 17.8. The van der Waals surface area contributed by atoms with E-state index < -0.39 is 22.6 Å². The summed E-state index contributed by atoms with van der Waals surface area (Å²) in [5.41, 5.74) is 2.43. The number of hydroxylamine groups is 1. The number of hydrogen-bond donors (Lipinski definition) is 3. The second-order valence-electron chi connectivity index (χ2n) is 6.94. The molecule has 3 N–H and O–H groups in total. The zero-order valence-electron chi connectivity index (χ0n) is 15.3. The van der Waals surface area contributed by atoms with Crippen molar-refractivity contribution in [2.24, 2.45) is 5.41 Å². The van der Waals surface area contributed by atoms with Gasteiger partial charge in [-0.2, -0.15) is 0 Å². The Hall–Kier alpha value is -2.33. The molecule has 1 aromatic carbocycles. The number of nitrogens with one attached hydrogen (secondary N) is 1. The molecule has 0 radical (unpaired) electrons. The first-order chi connectivity index (χ1) is 13.4. The zero-order chi connectivity index (χ0) is 20.1. The molecule has 1 aliphatic heterocycles. The van der Waals surface area contributed by atoms with Gasteiger partial charge in [0.1, 0.15) is 0 Å². The van der Waals surface area contributed by atoms with Crippen LogP contribution in [0.4, 0.5) is 0 Å². The van der Waals surface area contributed by atoms with Crippen molar-refractivity contribution in [1.82, 2.24) is 14.4 Å². The van der Waals surface area contributed by atoms with E-state index >= 15 is 0 Å². The van der Waals surface area contributed by atoms with Gasteiger partial charge in [-0.3, -0.25) is 19.3 Å². The van der Waals surface area contributed by atoms with Crippen molar-refractivity contribution in [1.29, 1.82) is 0 Å².